The van der Waals surface area contributed by atoms with Crippen LogP contribution in [0, 0.1) is 12.3 Å². The van der Waals surface area contributed by atoms with E-state index in [1.165, 1.54) is 5.56 Å². The van der Waals surface area contributed by atoms with E-state index in [4.69, 9.17) is 12.2 Å². The minimum Gasteiger partial charge on any atom is -0.370 e. The topological polar surface area (TPSA) is 50.4 Å². The highest BCUT2D eigenvalue weighted by atomic mass is 15.1. The lowest BCUT2D eigenvalue weighted by Crippen LogP contribution is -2.22. The van der Waals surface area contributed by atoms with Crippen molar-refractivity contribution in [3.05, 3.63) is 29.8 Å². The summed E-state index contributed by atoms with van der Waals surface area (Å²) in [5, 5.41) is 3.09. The van der Waals surface area contributed by atoms with E-state index >= 15 is 0 Å². The van der Waals surface area contributed by atoms with Crippen molar-refractivity contribution in [2.24, 2.45) is 10.7 Å². The third-order valence-electron chi connectivity index (χ3n) is 2.62. The first-order chi connectivity index (χ1) is 8.76. The Morgan fingerprint density at radius 2 is 2.28 bits per heavy atom. The highest BCUT2D eigenvalue weighted by Gasteiger charge is 1.96. The molecule has 0 spiro atoms. The number of aliphatic imine (C=N–C) groups is 1. The Kier molecular flexibility index (Phi) is 6.42. The number of benzene rings is 1. The van der Waals surface area contributed by atoms with E-state index in [9.17, 15) is 0 Å². The van der Waals surface area contributed by atoms with E-state index in [0.717, 1.165) is 31.4 Å². The summed E-state index contributed by atoms with van der Waals surface area (Å²) in [5.74, 6) is 3.07. The number of guanidine groups is 1. The van der Waals surface area contributed by atoms with Gasteiger partial charge in [0.1, 0.15) is 0 Å². The summed E-state index contributed by atoms with van der Waals surface area (Å²) < 4.78 is 0. The molecule has 0 saturated carbocycles. The summed E-state index contributed by atoms with van der Waals surface area (Å²) in [6.07, 6.45) is 8.97. The van der Waals surface area contributed by atoms with Gasteiger partial charge in [-0.3, -0.25) is 4.99 Å². The molecule has 0 saturated heterocycles. The van der Waals surface area contributed by atoms with Gasteiger partial charge >= 0.3 is 0 Å². The normalized spacial score (nSPS) is 11.0. The second kappa shape index (κ2) is 8.19. The second-order valence-electron chi connectivity index (χ2n) is 4.11. The number of unbranched alkanes of at least 4 members (excludes halogenated alkanes) is 2. The van der Waals surface area contributed by atoms with Gasteiger partial charge in [0.2, 0.25) is 0 Å². The Labute approximate surface area is 110 Å². The van der Waals surface area contributed by atoms with Gasteiger partial charge in [-0.15, -0.1) is 12.3 Å². The molecule has 96 valence electrons. The van der Waals surface area contributed by atoms with Gasteiger partial charge < -0.3 is 11.1 Å². The smallest absolute Gasteiger partial charge is 0.193 e. The van der Waals surface area contributed by atoms with E-state index in [2.05, 4.69) is 35.3 Å². The van der Waals surface area contributed by atoms with Crippen LogP contribution >= 0.6 is 0 Å². The number of nitrogens with two attached hydrogens (primary N) is 1. The van der Waals surface area contributed by atoms with Crippen molar-refractivity contribution in [3.63, 3.8) is 0 Å². The lowest BCUT2D eigenvalue weighted by molar-refractivity contribution is 0.768. The number of nitrogens with one attached hydrogen (secondary N) is 1. The van der Waals surface area contributed by atoms with E-state index in [-0.39, 0.29) is 0 Å². The maximum atomic E-state index is 5.81. The van der Waals surface area contributed by atoms with Crippen molar-refractivity contribution in [1.82, 2.24) is 0 Å². The van der Waals surface area contributed by atoms with E-state index < -0.39 is 0 Å². The first kappa shape index (κ1) is 14.1. The summed E-state index contributed by atoms with van der Waals surface area (Å²) in [6.45, 7) is 2.84. The first-order valence-corrected chi connectivity index (χ1v) is 6.35. The fourth-order valence-electron chi connectivity index (χ4n) is 1.59. The Hall–Kier alpha value is -1.95. The van der Waals surface area contributed by atoms with Gasteiger partial charge in [-0.05, 0) is 37.0 Å². The Balaban J connectivity index is 2.40. The molecule has 0 unspecified atom stereocenters. The lowest BCUT2D eigenvalue weighted by Gasteiger charge is -2.06. The predicted octanol–water partition coefficient (Wildman–Crippen LogP) is 2.78. The molecule has 1 rings (SSSR count). The van der Waals surface area contributed by atoms with Crippen molar-refractivity contribution in [1.29, 1.82) is 0 Å². The highest BCUT2D eigenvalue weighted by molar-refractivity contribution is 5.92. The number of aryl methyl sites for hydroxylation is 1. The molecular weight excluding hydrogens is 222 g/mol. The predicted molar refractivity (Wildman–Crippen MR) is 78.6 cm³/mol. The summed E-state index contributed by atoms with van der Waals surface area (Å²) >= 11 is 0. The van der Waals surface area contributed by atoms with Gasteiger partial charge in [0.25, 0.3) is 0 Å². The van der Waals surface area contributed by atoms with Gasteiger partial charge in [0.15, 0.2) is 5.96 Å². The van der Waals surface area contributed by atoms with Crippen molar-refractivity contribution < 1.29 is 0 Å². The molecule has 0 radical (unpaired) electrons. The van der Waals surface area contributed by atoms with E-state index in [1.54, 1.807) is 0 Å². The molecule has 1 aromatic carbocycles. The molecule has 3 N–H and O–H groups in total. The summed E-state index contributed by atoms with van der Waals surface area (Å²) in [7, 11) is 0. The molecule has 0 atom stereocenters. The number of hydrogen-bond donors (Lipinski definition) is 2. The lowest BCUT2D eigenvalue weighted by atomic mass is 10.1. The summed E-state index contributed by atoms with van der Waals surface area (Å²) in [4.78, 5) is 4.26. The third-order valence-corrected chi connectivity index (χ3v) is 2.62. The van der Waals surface area contributed by atoms with Gasteiger partial charge in [-0.2, -0.15) is 0 Å². The highest BCUT2D eigenvalue weighted by Crippen LogP contribution is 2.10. The molecule has 0 fully saturated rings. The molecule has 0 aliphatic carbocycles. The summed E-state index contributed by atoms with van der Waals surface area (Å²) in [6, 6.07) is 8.18. The van der Waals surface area contributed by atoms with Gasteiger partial charge in [0.05, 0.1) is 0 Å². The largest absolute Gasteiger partial charge is 0.370 e. The zero-order chi connectivity index (χ0) is 13.2. The first-order valence-electron chi connectivity index (χ1n) is 6.35. The van der Waals surface area contributed by atoms with Crippen LogP contribution in [0.5, 0.6) is 0 Å². The quantitative estimate of drug-likeness (QED) is 0.349. The number of terminal acetylenes is 1. The monoisotopic (exact) mass is 243 g/mol. The number of rotatable bonds is 6. The fraction of sp³-hybridized carbons (Fsp3) is 0.400. The van der Waals surface area contributed by atoms with E-state index in [1.807, 2.05) is 12.1 Å². The van der Waals surface area contributed by atoms with Crippen LogP contribution in [0.15, 0.2) is 29.3 Å². The fourth-order valence-corrected chi connectivity index (χ4v) is 1.59. The van der Waals surface area contributed by atoms with Crippen molar-refractivity contribution in [2.75, 3.05) is 11.9 Å². The summed E-state index contributed by atoms with van der Waals surface area (Å²) in [5.41, 5.74) is 8.08. The molecule has 0 amide bonds. The van der Waals surface area contributed by atoms with Crippen molar-refractivity contribution in [2.45, 2.75) is 32.6 Å². The average Bonchev–Trinajstić information content (AvgIpc) is 2.38. The van der Waals surface area contributed by atoms with Crippen LogP contribution in [0.3, 0.4) is 0 Å². The second-order valence-corrected chi connectivity index (χ2v) is 4.11. The molecule has 3 nitrogen and oxygen atoms in total. The minimum atomic E-state index is 0.462. The Bertz CT molecular complexity index is 430. The molecule has 1 aromatic rings. The number of hydrogen-bond acceptors (Lipinski definition) is 1. The van der Waals surface area contributed by atoms with E-state index in [0.29, 0.717) is 12.5 Å². The van der Waals surface area contributed by atoms with Gasteiger partial charge in [-0.25, -0.2) is 0 Å². The molecule has 3 heteroatoms. The van der Waals surface area contributed by atoms with Crippen LogP contribution in [0.1, 0.15) is 31.7 Å². The molecule has 18 heavy (non-hydrogen) atoms. The molecule has 0 aromatic heterocycles. The molecule has 0 heterocycles. The maximum Gasteiger partial charge on any atom is 0.193 e. The maximum absolute atomic E-state index is 5.81. The third kappa shape index (κ3) is 5.40. The van der Waals surface area contributed by atoms with Crippen LogP contribution < -0.4 is 11.1 Å². The zero-order valence-electron chi connectivity index (χ0n) is 10.9. The van der Waals surface area contributed by atoms with Gasteiger partial charge in [0, 0.05) is 18.7 Å². The minimum absolute atomic E-state index is 0.462. The molecule has 0 aliphatic rings. The zero-order valence-corrected chi connectivity index (χ0v) is 10.9. The van der Waals surface area contributed by atoms with Crippen LogP contribution in [0.4, 0.5) is 5.69 Å². The molecule has 0 aliphatic heterocycles. The molecular formula is C15H21N3. The number of anilines is 1. The number of nitrogens with zero attached hydrogens (tertiary/aromatic N) is 1. The molecule has 0 bridgehead atoms. The van der Waals surface area contributed by atoms with Gasteiger partial charge in [-0.1, -0.05) is 19.1 Å². The van der Waals surface area contributed by atoms with Crippen molar-refractivity contribution in [3.8, 4) is 12.3 Å². The standard InChI is InChI=1S/C15H21N3/c1-3-5-6-7-11-17-15(16)18-14-10-8-9-13(4-2)12-14/h1,8-10,12H,4-7,11H2,2H3,(H3,16,17,18). The average molecular weight is 243 g/mol. The Morgan fingerprint density at radius 1 is 1.44 bits per heavy atom. The Morgan fingerprint density at radius 3 is 3.00 bits per heavy atom. The van der Waals surface area contributed by atoms with Crippen LogP contribution in [0.25, 0.3) is 0 Å². The SMILES string of the molecule is C#CCCCCN=C(N)Nc1cccc(CC)c1. The van der Waals surface area contributed by atoms with Crippen LogP contribution in [0.2, 0.25) is 0 Å². The van der Waals surface area contributed by atoms with Crippen LogP contribution in [-0.2, 0) is 6.42 Å². The van der Waals surface area contributed by atoms with Crippen molar-refractivity contribution >= 4 is 11.6 Å². The van der Waals surface area contributed by atoms with Crippen LogP contribution in [-0.4, -0.2) is 12.5 Å².